The molecule has 1 fully saturated rings. The van der Waals surface area contributed by atoms with E-state index in [4.69, 9.17) is 0 Å². The Morgan fingerprint density at radius 2 is 2.32 bits per heavy atom. The maximum absolute atomic E-state index is 13.2. The van der Waals surface area contributed by atoms with E-state index in [0.29, 0.717) is 0 Å². The van der Waals surface area contributed by atoms with Gasteiger partial charge in [0.05, 0.1) is 19.3 Å². The predicted molar refractivity (Wildman–Crippen MR) is 57.1 cm³/mol. The third-order valence-corrected chi connectivity index (χ3v) is 3.04. The molecule has 0 atom stereocenters. The highest BCUT2D eigenvalue weighted by atomic mass is 19.1. The number of nitrogens with zero attached hydrogens (tertiary/aromatic N) is 6. The number of tetrazole rings is 1. The maximum Gasteiger partial charge on any atom is 0.275 e. The number of carbonyl (C=O) groups is 1. The normalized spacial score (nSPS) is 17.3. The molecular formula is C9H10FN7O2. The molecule has 2 N–H and O–H groups in total. The minimum Gasteiger partial charge on any atom is -0.378 e. The second kappa shape index (κ2) is 3.82. The molecule has 9 nitrogen and oxygen atoms in total. The lowest BCUT2D eigenvalue weighted by atomic mass is 9.93. The lowest BCUT2D eigenvalue weighted by Crippen LogP contribution is -2.62. The van der Waals surface area contributed by atoms with Crippen LogP contribution in [0.25, 0.3) is 0 Å². The Balaban J connectivity index is 1.75. The quantitative estimate of drug-likeness (QED) is 0.678. The fourth-order valence-corrected chi connectivity index (χ4v) is 2.07. The first-order valence-corrected chi connectivity index (χ1v) is 5.44. The summed E-state index contributed by atoms with van der Waals surface area (Å²) in [7, 11) is 1.59. The summed E-state index contributed by atoms with van der Waals surface area (Å²) in [5.41, 5.74) is -1.53. The Kier molecular flexibility index (Phi) is 2.35. The average molecular weight is 267 g/mol. The molecule has 0 bridgehead atoms. The van der Waals surface area contributed by atoms with E-state index >= 15 is 0 Å². The molecule has 3 rings (SSSR count). The molecule has 2 aromatic heterocycles. The van der Waals surface area contributed by atoms with Crippen molar-refractivity contribution in [2.75, 3.05) is 13.1 Å². The van der Waals surface area contributed by atoms with E-state index in [1.807, 2.05) is 0 Å². The first-order chi connectivity index (χ1) is 9.01. The van der Waals surface area contributed by atoms with Gasteiger partial charge in [0.15, 0.2) is 22.9 Å². The van der Waals surface area contributed by atoms with Gasteiger partial charge >= 0.3 is 0 Å². The third kappa shape index (κ3) is 1.68. The van der Waals surface area contributed by atoms with Crippen molar-refractivity contribution >= 4 is 5.91 Å². The van der Waals surface area contributed by atoms with Crippen LogP contribution in [0, 0.1) is 5.82 Å². The summed E-state index contributed by atoms with van der Waals surface area (Å²) >= 11 is 0. The molecule has 1 saturated heterocycles. The first-order valence-electron chi connectivity index (χ1n) is 5.44. The summed E-state index contributed by atoms with van der Waals surface area (Å²) in [5, 5.41) is 26.7. The summed E-state index contributed by atoms with van der Waals surface area (Å²) in [6.45, 7) is -0.00296. The highest BCUT2D eigenvalue weighted by Crippen LogP contribution is 2.30. The average Bonchev–Trinajstić information content (AvgIpc) is 2.93. The van der Waals surface area contributed by atoms with Gasteiger partial charge in [-0.3, -0.25) is 9.89 Å². The van der Waals surface area contributed by atoms with Crippen molar-refractivity contribution in [3.63, 3.8) is 0 Å². The summed E-state index contributed by atoms with van der Waals surface area (Å²) in [6, 6.07) is 0. The number of carbonyl (C=O) groups excluding carboxylic acids is 1. The number of H-pyrrole nitrogens is 1. The minimum atomic E-state index is -1.30. The Labute approximate surface area is 106 Å². The summed E-state index contributed by atoms with van der Waals surface area (Å²) in [4.78, 5) is 13.2. The van der Waals surface area contributed by atoms with Crippen molar-refractivity contribution in [2.24, 2.45) is 7.05 Å². The fraction of sp³-hybridized carbons (Fsp3) is 0.444. The number of β-amino-alcohol motifs (C(OH)–C–C–N with tert-alkyl or cyclic N) is 1. The summed E-state index contributed by atoms with van der Waals surface area (Å²) in [6.07, 6.45) is 0.922. The van der Waals surface area contributed by atoms with Gasteiger partial charge in [0.2, 0.25) is 0 Å². The number of amides is 1. The lowest BCUT2D eigenvalue weighted by Gasteiger charge is -2.44. The SMILES string of the molecule is Cn1nnnc1C1(O)CN(C(=O)c2[nH]ncc2F)C1. The van der Waals surface area contributed by atoms with Gasteiger partial charge in [0.1, 0.15) is 0 Å². The Bertz CT molecular complexity index is 630. The van der Waals surface area contributed by atoms with Crippen LogP contribution in [0.1, 0.15) is 16.3 Å². The zero-order valence-electron chi connectivity index (χ0n) is 9.91. The van der Waals surface area contributed by atoms with Crippen molar-refractivity contribution in [1.82, 2.24) is 35.3 Å². The molecule has 1 aliphatic heterocycles. The minimum absolute atomic E-state index is 0.00148. The van der Waals surface area contributed by atoms with Gasteiger partial charge in [-0.1, -0.05) is 0 Å². The number of halogens is 1. The van der Waals surface area contributed by atoms with Crippen LogP contribution in [-0.2, 0) is 12.6 Å². The molecular weight excluding hydrogens is 257 g/mol. The molecule has 0 saturated carbocycles. The van der Waals surface area contributed by atoms with Crippen LogP contribution >= 0.6 is 0 Å². The molecule has 1 amide bonds. The van der Waals surface area contributed by atoms with Crippen molar-refractivity contribution in [1.29, 1.82) is 0 Å². The van der Waals surface area contributed by atoms with Crippen LogP contribution in [0.3, 0.4) is 0 Å². The highest BCUT2D eigenvalue weighted by Gasteiger charge is 2.49. The van der Waals surface area contributed by atoms with Crippen LogP contribution in [0.2, 0.25) is 0 Å². The van der Waals surface area contributed by atoms with Crippen LogP contribution in [0.5, 0.6) is 0 Å². The second-order valence-electron chi connectivity index (χ2n) is 4.41. The first kappa shape index (κ1) is 11.7. The van der Waals surface area contributed by atoms with E-state index in [0.717, 1.165) is 6.20 Å². The lowest BCUT2D eigenvalue weighted by molar-refractivity contribution is -0.0947. The largest absolute Gasteiger partial charge is 0.378 e. The Morgan fingerprint density at radius 3 is 2.84 bits per heavy atom. The number of hydrogen-bond donors (Lipinski definition) is 2. The molecule has 0 aromatic carbocycles. The van der Waals surface area contributed by atoms with Crippen molar-refractivity contribution in [3.05, 3.63) is 23.5 Å². The number of aromatic nitrogens is 6. The van der Waals surface area contributed by atoms with Gasteiger partial charge in [0, 0.05) is 7.05 Å². The van der Waals surface area contributed by atoms with Crippen LogP contribution in [0.4, 0.5) is 4.39 Å². The zero-order valence-corrected chi connectivity index (χ0v) is 9.91. The van der Waals surface area contributed by atoms with E-state index in [-0.39, 0.29) is 24.6 Å². The van der Waals surface area contributed by atoms with Crippen LogP contribution in [0.15, 0.2) is 6.20 Å². The molecule has 2 aromatic rings. The number of aryl methyl sites for hydroxylation is 1. The monoisotopic (exact) mass is 267 g/mol. The van der Waals surface area contributed by atoms with Gasteiger partial charge < -0.3 is 10.0 Å². The molecule has 19 heavy (non-hydrogen) atoms. The van der Waals surface area contributed by atoms with Gasteiger partial charge in [-0.05, 0) is 10.4 Å². The molecule has 10 heteroatoms. The van der Waals surface area contributed by atoms with Crippen molar-refractivity contribution in [2.45, 2.75) is 5.60 Å². The van der Waals surface area contributed by atoms with Gasteiger partial charge in [0.25, 0.3) is 5.91 Å². The Hall–Kier alpha value is -2.36. The van der Waals surface area contributed by atoms with Gasteiger partial charge in [-0.2, -0.15) is 5.10 Å². The number of hydrogen-bond acceptors (Lipinski definition) is 6. The summed E-state index contributed by atoms with van der Waals surface area (Å²) < 4.78 is 14.5. The van der Waals surface area contributed by atoms with Crippen LogP contribution < -0.4 is 0 Å². The second-order valence-corrected chi connectivity index (χ2v) is 4.41. The number of aromatic amines is 1. The maximum atomic E-state index is 13.2. The zero-order chi connectivity index (χ0) is 13.6. The van der Waals surface area contributed by atoms with Crippen molar-refractivity contribution < 1.29 is 14.3 Å². The van der Waals surface area contributed by atoms with E-state index in [1.165, 1.54) is 9.58 Å². The van der Waals surface area contributed by atoms with E-state index in [1.54, 1.807) is 7.05 Å². The van der Waals surface area contributed by atoms with Crippen molar-refractivity contribution in [3.8, 4) is 0 Å². The predicted octanol–water partition coefficient (Wildman–Crippen LogP) is -1.58. The van der Waals surface area contributed by atoms with Gasteiger partial charge in [-0.25, -0.2) is 9.07 Å². The molecule has 0 radical (unpaired) electrons. The number of rotatable bonds is 2. The molecule has 1 aliphatic rings. The number of nitrogens with one attached hydrogen (secondary N) is 1. The molecule has 3 heterocycles. The van der Waals surface area contributed by atoms with Crippen LogP contribution in [-0.4, -0.2) is 59.4 Å². The fourth-order valence-electron chi connectivity index (χ4n) is 2.07. The topological polar surface area (TPSA) is 113 Å². The molecule has 0 spiro atoms. The van der Waals surface area contributed by atoms with E-state index < -0.39 is 17.3 Å². The Morgan fingerprint density at radius 1 is 1.58 bits per heavy atom. The highest BCUT2D eigenvalue weighted by molar-refractivity contribution is 5.93. The molecule has 100 valence electrons. The smallest absolute Gasteiger partial charge is 0.275 e. The van der Waals surface area contributed by atoms with E-state index in [9.17, 15) is 14.3 Å². The summed E-state index contributed by atoms with van der Waals surface area (Å²) in [5.74, 6) is -1.02. The third-order valence-electron chi connectivity index (χ3n) is 3.04. The van der Waals surface area contributed by atoms with Gasteiger partial charge in [-0.15, -0.1) is 5.10 Å². The number of aliphatic hydroxyl groups is 1. The molecule has 0 unspecified atom stereocenters. The van der Waals surface area contributed by atoms with E-state index in [2.05, 4.69) is 25.7 Å². The standard InChI is InChI=1S/C9H10FN7O2/c1-16-8(13-14-15-16)9(19)3-17(4-9)7(18)6-5(10)2-11-12-6/h2,19H,3-4H2,1H3,(H,11,12). The number of likely N-dealkylation sites (tertiary alicyclic amines) is 1. The molecule has 0 aliphatic carbocycles.